The van der Waals surface area contributed by atoms with E-state index in [4.69, 9.17) is 28.9 Å². The molecule has 1 fully saturated rings. The summed E-state index contributed by atoms with van der Waals surface area (Å²) in [7, 11) is 0. The lowest BCUT2D eigenvalue weighted by Crippen LogP contribution is -2.38. The van der Waals surface area contributed by atoms with Gasteiger partial charge in [-0.1, -0.05) is 35.3 Å². The van der Waals surface area contributed by atoms with Crippen molar-refractivity contribution in [1.82, 2.24) is 5.32 Å². The van der Waals surface area contributed by atoms with E-state index in [2.05, 4.69) is 5.32 Å². The lowest BCUT2D eigenvalue weighted by atomic mass is 10.1. The predicted molar refractivity (Wildman–Crippen MR) is 74.0 cm³/mol. The van der Waals surface area contributed by atoms with Crippen LogP contribution in [-0.4, -0.2) is 18.5 Å². The minimum Gasteiger partial charge on any atom is -0.352 e. The molecule has 0 spiro atoms. The Kier molecular flexibility index (Phi) is 4.15. The Morgan fingerprint density at radius 3 is 2.94 bits per heavy atom. The van der Waals surface area contributed by atoms with Crippen LogP contribution in [-0.2, 0) is 4.79 Å². The van der Waals surface area contributed by atoms with E-state index in [-0.39, 0.29) is 23.8 Å². The fraction of sp³-hybridized carbons (Fsp3) is 0.462. The van der Waals surface area contributed by atoms with Crippen molar-refractivity contribution >= 4 is 29.1 Å². The molecule has 1 aliphatic rings. The molecule has 3 atom stereocenters. The second-order valence-electron chi connectivity index (χ2n) is 4.74. The zero-order valence-electron chi connectivity index (χ0n) is 10.1. The van der Waals surface area contributed by atoms with Crippen molar-refractivity contribution < 1.29 is 4.79 Å². The summed E-state index contributed by atoms with van der Waals surface area (Å²) in [4.78, 5) is 11.9. The van der Waals surface area contributed by atoms with E-state index >= 15 is 0 Å². The molecule has 0 aliphatic heterocycles. The number of carbonyl (C=O) groups excluding carboxylic acids is 1. The third-order valence-electron chi connectivity index (χ3n) is 3.25. The van der Waals surface area contributed by atoms with Crippen molar-refractivity contribution in [2.24, 2.45) is 11.7 Å². The molecule has 1 aromatic carbocycles. The zero-order valence-corrected chi connectivity index (χ0v) is 11.6. The first-order valence-electron chi connectivity index (χ1n) is 5.99. The van der Waals surface area contributed by atoms with Crippen molar-refractivity contribution in [3.8, 4) is 0 Å². The Balaban J connectivity index is 2.03. The van der Waals surface area contributed by atoms with Gasteiger partial charge in [0.2, 0.25) is 5.91 Å². The fourth-order valence-corrected chi connectivity index (χ4v) is 2.49. The van der Waals surface area contributed by atoms with Gasteiger partial charge in [0.25, 0.3) is 0 Å². The highest BCUT2D eigenvalue weighted by atomic mass is 35.5. The van der Waals surface area contributed by atoms with Crippen molar-refractivity contribution in [3.63, 3.8) is 0 Å². The Hall–Kier alpha value is -0.770. The van der Waals surface area contributed by atoms with Crippen molar-refractivity contribution in [2.75, 3.05) is 6.54 Å². The monoisotopic (exact) mass is 286 g/mol. The molecule has 98 valence electrons. The van der Waals surface area contributed by atoms with Gasteiger partial charge in [-0.05, 0) is 30.9 Å². The van der Waals surface area contributed by atoms with Crippen LogP contribution in [0.1, 0.15) is 24.8 Å². The summed E-state index contributed by atoms with van der Waals surface area (Å²) in [6, 6.07) is 5.55. The van der Waals surface area contributed by atoms with Crippen molar-refractivity contribution in [3.05, 3.63) is 33.8 Å². The van der Waals surface area contributed by atoms with Crippen molar-refractivity contribution in [1.29, 1.82) is 0 Å². The summed E-state index contributed by atoms with van der Waals surface area (Å²) in [6.07, 6.45) is 0.823. The molecule has 1 aliphatic carbocycles. The van der Waals surface area contributed by atoms with Crippen molar-refractivity contribution in [2.45, 2.75) is 25.3 Å². The SMILES string of the molecule is C[C@@H](CN)NC(=O)C1CC1c1cccc(Cl)c1Cl. The Morgan fingerprint density at radius 1 is 1.56 bits per heavy atom. The van der Waals surface area contributed by atoms with E-state index in [1.807, 2.05) is 19.1 Å². The summed E-state index contributed by atoms with van der Waals surface area (Å²) in [5, 5.41) is 3.98. The number of amides is 1. The summed E-state index contributed by atoms with van der Waals surface area (Å²) in [6.45, 7) is 2.34. The lowest BCUT2D eigenvalue weighted by Gasteiger charge is -2.11. The molecule has 0 heterocycles. The van der Waals surface area contributed by atoms with E-state index < -0.39 is 0 Å². The number of nitrogens with two attached hydrogens (primary N) is 1. The molecule has 5 heteroatoms. The van der Waals surface area contributed by atoms with Gasteiger partial charge in [-0.2, -0.15) is 0 Å². The van der Waals surface area contributed by atoms with Crippen LogP contribution in [0.5, 0.6) is 0 Å². The number of nitrogens with one attached hydrogen (secondary N) is 1. The Labute approximate surface area is 117 Å². The van der Waals surface area contributed by atoms with E-state index in [9.17, 15) is 4.79 Å². The van der Waals surface area contributed by atoms with E-state index in [0.29, 0.717) is 16.6 Å². The van der Waals surface area contributed by atoms with Gasteiger partial charge in [0.1, 0.15) is 0 Å². The zero-order chi connectivity index (χ0) is 13.3. The molecule has 1 aromatic rings. The second-order valence-corrected chi connectivity index (χ2v) is 5.52. The number of halogens is 2. The van der Waals surface area contributed by atoms with Gasteiger partial charge in [0.15, 0.2) is 0 Å². The lowest BCUT2D eigenvalue weighted by molar-refractivity contribution is -0.122. The third-order valence-corrected chi connectivity index (χ3v) is 4.08. The van der Waals surface area contributed by atoms with Crippen LogP contribution in [0.15, 0.2) is 18.2 Å². The van der Waals surface area contributed by atoms with E-state index in [1.54, 1.807) is 6.07 Å². The number of hydrogen-bond donors (Lipinski definition) is 2. The summed E-state index contributed by atoms with van der Waals surface area (Å²) < 4.78 is 0. The topological polar surface area (TPSA) is 55.1 Å². The molecule has 18 heavy (non-hydrogen) atoms. The average Bonchev–Trinajstić information content (AvgIpc) is 3.12. The standard InChI is InChI=1S/C13H16Cl2N2O/c1-7(6-16)17-13(18)10-5-9(10)8-3-2-4-11(14)12(8)15/h2-4,7,9-10H,5-6,16H2,1H3,(H,17,18)/t7-,9?,10?/m0/s1. The molecule has 3 nitrogen and oxygen atoms in total. The molecule has 1 saturated carbocycles. The molecular weight excluding hydrogens is 271 g/mol. The largest absolute Gasteiger partial charge is 0.352 e. The summed E-state index contributed by atoms with van der Waals surface area (Å²) in [5.41, 5.74) is 6.44. The molecule has 0 aromatic heterocycles. The number of carbonyl (C=O) groups is 1. The Morgan fingerprint density at radius 2 is 2.28 bits per heavy atom. The highest BCUT2D eigenvalue weighted by molar-refractivity contribution is 6.42. The van der Waals surface area contributed by atoms with Gasteiger partial charge in [-0.25, -0.2) is 0 Å². The first-order chi connectivity index (χ1) is 8.54. The molecule has 2 unspecified atom stereocenters. The van der Waals surface area contributed by atoms with Crippen LogP contribution in [0.4, 0.5) is 0 Å². The summed E-state index contributed by atoms with van der Waals surface area (Å²) in [5.74, 6) is 0.227. The number of rotatable bonds is 4. The van der Waals surface area contributed by atoms with Gasteiger partial charge >= 0.3 is 0 Å². The first kappa shape index (κ1) is 13.7. The molecule has 0 saturated heterocycles. The average molecular weight is 287 g/mol. The smallest absolute Gasteiger partial charge is 0.224 e. The Bertz CT molecular complexity index is 464. The highest BCUT2D eigenvalue weighted by Gasteiger charge is 2.45. The van der Waals surface area contributed by atoms with Crippen LogP contribution in [0, 0.1) is 5.92 Å². The normalized spacial score (nSPS) is 23.6. The van der Waals surface area contributed by atoms with Gasteiger partial charge < -0.3 is 11.1 Å². The van der Waals surface area contributed by atoms with Gasteiger partial charge in [-0.3, -0.25) is 4.79 Å². The predicted octanol–water partition coefficient (Wildman–Crippen LogP) is 2.56. The number of benzene rings is 1. The molecule has 1 amide bonds. The van der Waals surface area contributed by atoms with Crippen LogP contribution in [0.2, 0.25) is 10.0 Å². The maximum absolute atomic E-state index is 11.9. The fourth-order valence-electron chi connectivity index (χ4n) is 2.04. The molecule has 0 radical (unpaired) electrons. The molecule has 2 rings (SSSR count). The molecule has 3 N–H and O–H groups in total. The maximum atomic E-state index is 11.9. The molecule has 0 bridgehead atoms. The minimum absolute atomic E-state index is 0.00466. The third kappa shape index (κ3) is 2.79. The first-order valence-corrected chi connectivity index (χ1v) is 6.74. The van der Waals surface area contributed by atoms with Crippen LogP contribution >= 0.6 is 23.2 Å². The highest BCUT2D eigenvalue weighted by Crippen LogP contribution is 2.50. The quantitative estimate of drug-likeness (QED) is 0.894. The van der Waals surface area contributed by atoms with Crippen LogP contribution < -0.4 is 11.1 Å². The van der Waals surface area contributed by atoms with E-state index in [1.165, 1.54) is 0 Å². The van der Waals surface area contributed by atoms with Crippen LogP contribution in [0.25, 0.3) is 0 Å². The summed E-state index contributed by atoms with van der Waals surface area (Å²) >= 11 is 12.1. The minimum atomic E-state index is -0.00466. The van der Waals surface area contributed by atoms with Gasteiger partial charge in [0.05, 0.1) is 10.0 Å². The maximum Gasteiger partial charge on any atom is 0.224 e. The van der Waals surface area contributed by atoms with Crippen LogP contribution in [0.3, 0.4) is 0 Å². The second kappa shape index (κ2) is 5.47. The van der Waals surface area contributed by atoms with E-state index in [0.717, 1.165) is 12.0 Å². The number of hydrogen-bond acceptors (Lipinski definition) is 2. The molecular formula is C13H16Cl2N2O. The van der Waals surface area contributed by atoms with Gasteiger partial charge in [-0.15, -0.1) is 0 Å². The van der Waals surface area contributed by atoms with Gasteiger partial charge in [0, 0.05) is 18.5 Å².